The van der Waals surface area contributed by atoms with Crippen molar-refractivity contribution in [2.45, 2.75) is 44.7 Å². The van der Waals surface area contributed by atoms with E-state index in [9.17, 15) is 18.0 Å². The number of amides is 2. The lowest BCUT2D eigenvalue weighted by Crippen LogP contribution is -2.53. The molecule has 44 heavy (non-hydrogen) atoms. The molecule has 0 radical (unpaired) electrons. The Morgan fingerprint density at radius 2 is 1.43 bits per heavy atom. The average molecular weight is 616 g/mol. The molecule has 4 aromatic carbocycles. The molecule has 0 saturated carbocycles. The van der Waals surface area contributed by atoms with E-state index in [-0.39, 0.29) is 35.4 Å². The van der Waals surface area contributed by atoms with Gasteiger partial charge in [-0.15, -0.1) is 0 Å². The first-order valence-electron chi connectivity index (χ1n) is 14.5. The number of nitrogens with zero attached hydrogens (tertiary/aromatic N) is 2. The summed E-state index contributed by atoms with van der Waals surface area (Å²) in [6.07, 6.45) is 0.202. The van der Waals surface area contributed by atoms with Crippen molar-refractivity contribution in [1.29, 1.82) is 0 Å². The van der Waals surface area contributed by atoms with E-state index >= 15 is 4.39 Å². The summed E-state index contributed by atoms with van der Waals surface area (Å²) in [5.41, 5.74) is 2.32. The number of carbonyl (C=O) groups excluding carboxylic acids is 2. The number of benzene rings is 4. The molecule has 0 aliphatic carbocycles. The van der Waals surface area contributed by atoms with Crippen molar-refractivity contribution in [2.75, 3.05) is 17.4 Å². The van der Waals surface area contributed by atoms with Crippen LogP contribution in [0.25, 0.3) is 0 Å². The SMILES string of the molecule is Cc1cccc(CN(C(=O)CN(c2ccccc2F)S(=O)(=O)c2ccccc2)C(Cc2ccccc2)C(=O)NCC(C)C)c1. The molecule has 2 amide bonds. The van der Waals surface area contributed by atoms with Crippen LogP contribution in [0.3, 0.4) is 0 Å². The maximum atomic E-state index is 15.2. The quantitative estimate of drug-likeness (QED) is 0.208. The fourth-order valence-electron chi connectivity index (χ4n) is 4.87. The van der Waals surface area contributed by atoms with Crippen molar-refractivity contribution in [3.63, 3.8) is 0 Å². The fraction of sp³-hybridized carbons (Fsp3) is 0.257. The van der Waals surface area contributed by atoms with E-state index in [2.05, 4.69) is 5.32 Å². The van der Waals surface area contributed by atoms with Crippen molar-refractivity contribution in [2.24, 2.45) is 5.92 Å². The Morgan fingerprint density at radius 3 is 2.07 bits per heavy atom. The molecule has 1 atom stereocenters. The molecule has 0 spiro atoms. The minimum Gasteiger partial charge on any atom is -0.354 e. The van der Waals surface area contributed by atoms with Gasteiger partial charge in [0.05, 0.1) is 10.6 Å². The predicted octanol–water partition coefficient (Wildman–Crippen LogP) is 5.74. The second-order valence-electron chi connectivity index (χ2n) is 11.1. The normalized spacial score (nSPS) is 12.0. The molecule has 1 N–H and O–H groups in total. The minimum absolute atomic E-state index is 0.0452. The molecule has 0 aliphatic rings. The van der Waals surface area contributed by atoms with Crippen LogP contribution in [0.1, 0.15) is 30.5 Å². The number of hydrogen-bond donors (Lipinski definition) is 1. The number of para-hydroxylation sites is 1. The van der Waals surface area contributed by atoms with Crippen LogP contribution in [0.5, 0.6) is 0 Å². The molecule has 230 valence electrons. The van der Waals surface area contributed by atoms with Gasteiger partial charge in [-0.05, 0) is 48.2 Å². The fourth-order valence-corrected chi connectivity index (χ4v) is 6.31. The molecular formula is C35H38FN3O4S. The smallest absolute Gasteiger partial charge is 0.264 e. The Kier molecular flexibility index (Phi) is 10.9. The first-order chi connectivity index (χ1) is 21.1. The van der Waals surface area contributed by atoms with Gasteiger partial charge in [0.2, 0.25) is 11.8 Å². The topological polar surface area (TPSA) is 86.8 Å². The van der Waals surface area contributed by atoms with Crippen molar-refractivity contribution in [3.05, 3.63) is 132 Å². The van der Waals surface area contributed by atoms with Crippen LogP contribution in [0.2, 0.25) is 0 Å². The maximum Gasteiger partial charge on any atom is 0.264 e. The zero-order valence-electron chi connectivity index (χ0n) is 25.2. The first-order valence-corrected chi connectivity index (χ1v) is 16.0. The molecular weight excluding hydrogens is 577 g/mol. The highest BCUT2D eigenvalue weighted by atomic mass is 32.2. The predicted molar refractivity (Wildman–Crippen MR) is 171 cm³/mol. The van der Waals surface area contributed by atoms with Gasteiger partial charge in [0.15, 0.2) is 0 Å². The molecule has 0 aliphatic heterocycles. The third-order valence-corrected chi connectivity index (χ3v) is 8.90. The number of anilines is 1. The van der Waals surface area contributed by atoms with Gasteiger partial charge in [0, 0.05) is 19.5 Å². The zero-order chi connectivity index (χ0) is 31.7. The van der Waals surface area contributed by atoms with E-state index < -0.39 is 34.3 Å². The molecule has 9 heteroatoms. The van der Waals surface area contributed by atoms with E-state index in [1.165, 1.54) is 35.2 Å². The van der Waals surface area contributed by atoms with Crippen molar-refractivity contribution < 1.29 is 22.4 Å². The van der Waals surface area contributed by atoms with Gasteiger partial charge < -0.3 is 10.2 Å². The van der Waals surface area contributed by atoms with E-state index in [0.717, 1.165) is 27.1 Å². The summed E-state index contributed by atoms with van der Waals surface area (Å²) < 4.78 is 43.8. The molecule has 0 bridgehead atoms. The van der Waals surface area contributed by atoms with Gasteiger partial charge in [-0.3, -0.25) is 13.9 Å². The van der Waals surface area contributed by atoms with Crippen LogP contribution in [-0.4, -0.2) is 44.3 Å². The summed E-state index contributed by atoms with van der Waals surface area (Å²) in [5, 5.41) is 2.96. The molecule has 7 nitrogen and oxygen atoms in total. The number of hydrogen-bond acceptors (Lipinski definition) is 4. The zero-order valence-corrected chi connectivity index (χ0v) is 26.0. The first kappa shape index (κ1) is 32.4. The van der Waals surface area contributed by atoms with Crippen LogP contribution in [0.15, 0.2) is 114 Å². The molecule has 0 aromatic heterocycles. The molecule has 4 rings (SSSR count). The van der Waals surface area contributed by atoms with Crippen LogP contribution >= 0.6 is 0 Å². The standard InChI is InChI=1S/C35H38FN3O4S/c1-26(2)23-37-35(41)33(22-28-14-6-4-7-15-28)38(24-29-16-12-13-27(3)21-29)34(40)25-39(32-20-11-10-19-31(32)36)44(42,43)30-17-8-5-9-18-30/h4-21,26,33H,22-25H2,1-3H3,(H,37,41). The van der Waals surface area contributed by atoms with Crippen molar-refractivity contribution in [3.8, 4) is 0 Å². The maximum absolute atomic E-state index is 15.2. The van der Waals surface area contributed by atoms with Gasteiger partial charge in [0.1, 0.15) is 18.4 Å². The van der Waals surface area contributed by atoms with E-state index in [0.29, 0.717) is 6.54 Å². The lowest BCUT2D eigenvalue weighted by atomic mass is 10.0. The molecule has 1 unspecified atom stereocenters. The van der Waals surface area contributed by atoms with E-state index in [4.69, 9.17) is 0 Å². The summed E-state index contributed by atoms with van der Waals surface area (Å²) >= 11 is 0. The van der Waals surface area contributed by atoms with Crippen molar-refractivity contribution >= 4 is 27.5 Å². The molecule has 4 aromatic rings. The Morgan fingerprint density at radius 1 is 0.818 bits per heavy atom. The average Bonchev–Trinajstić information content (AvgIpc) is 3.01. The lowest BCUT2D eigenvalue weighted by molar-refractivity contribution is -0.140. The van der Waals surface area contributed by atoms with Crippen LogP contribution in [0.4, 0.5) is 10.1 Å². The number of aryl methyl sites for hydroxylation is 1. The van der Waals surface area contributed by atoms with Gasteiger partial charge in [-0.1, -0.05) is 104 Å². The van der Waals surface area contributed by atoms with Crippen LogP contribution < -0.4 is 9.62 Å². The van der Waals surface area contributed by atoms with Crippen molar-refractivity contribution in [1.82, 2.24) is 10.2 Å². The number of halogens is 1. The Hall–Kier alpha value is -4.50. The third-order valence-electron chi connectivity index (χ3n) is 7.12. The summed E-state index contributed by atoms with van der Waals surface area (Å²) in [7, 11) is -4.37. The largest absolute Gasteiger partial charge is 0.354 e. The van der Waals surface area contributed by atoms with Gasteiger partial charge in [-0.25, -0.2) is 12.8 Å². The molecule has 0 heterocycles. The lowest BCUT2D eigenvalue weighted by Gasteiger charge is -2.34. The second-order valence-corrected chi connectivity index (χ2v) is 13.0. The number of carbonyl (C=O) groups is 2. The Balaban J connectivity index is 1.80. The van der Waals surface area contributed by atoms with Crippen LogP contribution in [-0.2, 0) is 32.6 Å². The second kappa shape index (κ2) is 14.8. The highest BCUT2D eigenvalue weighted by Gasteiger charge is 2.35. The van der Waals surface area contributed by atoms with Gasteiger partial charge >= 0.3 is 0 Å². The highest BCUT2D eigenvalue weighted by molar-refractivity contribution is 7.92. The van der Waals surface area contributed by atoms with Gasteiger partial charge in [-0.2, -0.15) is 0 Å². The summed E-state index contributed by atoms with van der Waals surface area (Å²) in [6, 6.07) is 29.0. The summed E-state index contributed by atoms with van der Waals surface area (Å²) in [5.74, 6) is -1.62. The Bertz CT molecular complexity index is 1660. The third kappa shape index (κ3) is 8.32. The van der Waals surface area contributed by atoms with Crippen LogP contribution in [0, 0.1) is 18.7 Å². The number of rotatable bonds is 13. The highest BCUT2D eigenvalue weighted by Crippen LogP contribution is 2.27. The van der Waals surface area contributed by atoms with E-state index in [1.54, 1.807) is 18.2 Å². The number of nitrogens with one attached hydrogen (secondary N) is 1. The van der Waals surface area contributed by atoms with E-state index in [1.807, 2.05) is 75.4 Å². The Labute approximate surface area is 259 Å². The number of sulfonamides is 1. The van der Waals surface area contributed by atoms with Gasteiger partial charge in [0.25, 0.3) is 10.0 Å². The monoisotopic (exact) mass is 615 g/mol. The summed E-state index contributed by atoms with van der Waals surface area (Å²) in [4.78, 5) is 29.5. The molecule has 0 saturated heterocycles. The summed E-state index contributed by atoms with van der Waals surface area (Å²) in [6.45, 7) is 5.61. The minimum atomic E-state index is -4.37. The molecule has 0 fully saturated rings.